The predicted octanol–water partition coefficient (Wildman–Crippen LogP) is 1.35. The quantitative estimate of drug-likeness (QED) is 0.831. The highest BCUT2D eigenvalue weighted by Crippen LogP contribution is 2.55. The number of ether oxygens (including phenoxy) is 2. The van der Waals surface area contributed by atoms with E-state index in [4.69, 9.17) is 9.47 Å². The van der Waals surface area contributed by atoms with Crippen LogP contribution in [0.5, 0.6) is 5.75 Å². The van der Waals surface area contributed by atoms with Crippen molar-refractivity contribution in [2.75, 3.05) is 11.5 Å². The summed E-state index contributed by atoms with van der Waals surface area (Å²) in [6.07, 6.45) is 2.67. The number of carboxylic acid groups (broad SMARTS) is 1. The molecule has 128 valence electrons. The maximum atomic E-state index is 13.0. The first-order valence-electron chi connectivity index (χ1n) is 8.09. The van der Waals surface area contributed by atoms with Crippen LogP contribution in [-0.2, 0) is 14.3 Å². The fraction of sp³-hybridized carbons (Fsp3) is 0.389. The van der Waals surface area contributed by atoms with Crippen molar-refractivity contribution in [3.05, 3.63) is 36.4 Å². The van der Waals surface area contributed by atoms with Crippen LogP contribution in [0.15, 0.2) is 36.4 Å². The van der Waals surface area contributed by atoms with Gasteiger partial charge in [-0.1, -0.05) is 12.2 Å². The van der Waals surface area contributed by atoms with Crippen LogP contribution >= 0.6 is 0 Å². The smallest absolute Gasteiger partial charge is 0.310 e. The van der Waals surface area contributed by atoms with Gasteiger partial charge in [0.2, 0.25) is 5.91 Å². The molecule has 3 heterocycles. The average molecular weight is 340 g/mol. The van der Waals surface area contributed by atoms with Gasteiger partial charge in [-0.05, 0) is 31.2 Å². The molecule has 3 aliphatic rings. The minimum absolute atomic E-state index is 0.394. The highest BCUT2D eigenvalue weighted by molar-refractivity contribution is 6.04. The molecule has 5 atom stereocenters. The predicted molar refractivity (Wildman–Crippen MR) is 85.9 cm³/mol. The van der Waals surface area contributed by atoms with Crippen LogP contribution in [0.1, 0.15) is 6.92 Å². The second kappa shape index (κ2) is 5.33. The van der Waals surface area contributed by atoms with Crippen LogP contribution in [-0.4, -0.2) is 41.3 Å². The first-order valence-corrected chi connectivity index (χ1v) is 8.09. The van der Waals surface area contributed by atoms with Crippen molar-refractivity contribution >= 4 is 17.6 Å². The molecule has 7 nitrogen and oxygen atoms in total. The van der Waals surface area contributed by atoms with Gasteiger partial charge in [0.15, 0.2) is 6.04 Å². The summed E-state index contributed by atoms with van der Waals surface area (Å²) in [7, 11) is 0. The van der Waals surface area contributed by atoms with E-state index in [1.807, 2.05) is 6.92 Å². The van der Waals surface area contributed by atoms with E-state index in [2.05, 4.69) is 6.07 Å². The molecule has 2 fully saturated rings. The number of nitriles is 1. The van der Waals surface area contributed by atoms with Crippen molar-refractivity contribution in [1.82, 2.24) is 0 Å². The average Bonchev–Trinajstić information content (AvgIpc) is 3.23. The van der Waals surface area contributed by atoms with E-state index in [1.165, 1.54) is 4.90 Å². The first kappa shape index (κ1) is 15.7. The lowest BCUT2D eigenvalue weighted by Gasteiger charge is -2.27. The van der Waals surface area contributed by atoms with Gasteiger partial charge in [-0.3, -0.25) is 14.5 Å². The first-order chi connectivity index (χ1) is 12.0. The Bertz CT molecular complexity index is 812. The van der Waals surface area contributed by atoms with E-state index in [9.17, 15) is 20.0 Å². The van der Waals surface area contributed by atoms with Gasteiger partial charge in [0.05, 0.1) is 24.7 Å². The summed E-state index contributed by atoms with van der Waals surface area (Å²) in [6, 6.07) is 8.05. The molecule has 1 aromatic rings. The second-order valence-corrected chi connectivity index (χ2v) is 6.30. The Hall–Kier alpha value is -2.85. The van der Waals surface area contributed by atoms with Gasteiger partial charge in [0, 0.05) is 5.69 Å². The van der Waals surface area contributed by atoms with Gasteiger partial charge >= 0.3 is 5.97 Å². The van der Waals surface area contributed by atoms with Crippen molar-refractivity contribution in [2.45, 2.75) is 24.7 Å². The van der Waals surface area contributed by atoms with Gasteiger partial charge in [-0.2, -0.15) is 5.26 Å². The fourth-order valence-electron chi connectivity index (χ4n) is 4.14. The van der Waals surface area contributed by atoms with Crippen LogP contribution in [0.25, 0.3) is 0 Å². The normalized spacial score (nSPS) is 34.9. The molecule has 1 spiro atoms. The second-order valence-electron chi connectivity index (χ2n) is 6.30. The molecule has 1 amide bonds. The number of benzene rings is 1. The van der Waals surface area contributed by atoms with Gasteiger partial charge < -0.3 is 14.6 Å². The van der Waals surface area contributed by atoms with E-state index in [0.29, 0.717) is 18.0 Å². The van der Waals surface area contributed by atoms with Crippen molar-refractivity contribution in [3.63, 3.8) is 0 Å². The topological polar surface area (TPSA) is 99.9 Å². The molecule has 7 heteroatoms. The number of carboxylic acids is 1. The number of carbonyl (C=O) groups excluding carboxylic acids is 1. The Kier molecular flexibility index (Phi) is 3.34. The number of amides is 1. The van der Waals surface area contributed by atoms with E-state index in [1.54, 1.807) is 36.4 Å². The molecule has 3 aliphatic heterocycles. The third kappa shape index (κ3) is 1.94. The highest BCUT2D eigenvalue weighted by atomic mass is 16.5. The standard InChI is InChI=1S/C18H16N2O5/c1-2-24-11-5-3-10(4-6-11)20-13(9-19)18-8-7-12(25-18)14(17(22)23)15(18)16(20)21/h3-8,12-15H,2H2,1H3,(H,22,23)/t12-,13?,14-,15+,18-/m0/s1. The Balaban J connectivity index is 1.75. The summed E-state index contributed by atoms with van der Waals surface area (Å²) in [5.74, 6) is -2.68. The molecule has 1 aromatic carbocycles. The van der Waals surface area contributed by atoms with Crippen LogP contribution in [0.4, 0.5) is 5.69 Å². The van der Waals surface area contributed by atoms with Gasteiger partial charge in [-0.25, -0.2) is 0 Å². The number of aliphatic carboxylic acids is 1. The molecule has 0 saturated carbocycles. The van der Waals surface area contributed by atoms with E-state index >= 15 is 0 Å². The minimum Gasteiger partial charge on any atom is -0.494 e. The number of carbonyl (C=O) groups is 2. The zero-order valence-electron chi connectivity index (χ0n) is 13.5. The molecule has 2 bridgehead atoms. The minimum atomic E-state index is -1.20. The van der Waals surface area contributed by atoms with Crippen molar-refractivity contribution in [1.29, 1.82) is 5.26 Å². The molecule has 2 saturated heterocycles. The maximum absolute atomic E-state index is 13.0. The molecule has 1 N–H and O–H groups in total. The van der Waals surface area contributed by atoms with Crippen molar-refractivity contribution < 1.29 is 24.2 Å². The Morgan fingerprint density at radius 1 is 1.44 bits per heavy atom. The Labute approximate surface area is 144 Å². The monoisotopic (exact) mass is 340 g/mol. The highest BCUT2D eigenvalue weighted by Gasteiger charge is 2.72. The van der Waals surface area contributed by atoms with E-state index in [0.717, 1.165) is 0 Å². The number of fused-ring (bicyclic) bond motifs is 1. The lowest BCUT2D eigenvalue weighted by Crippen LogP contribution is -2.44. The molecular formula is C18H16N2O5. The molecule has 0 aromatic heterocycles. The lowest BCUT2D eigenvalue weighted by molar-refractivity contribution is -0.146. The third-order valence-electron chi connectivity index (χ3n) is 5.11. The molecule has 4 rings (SSSR count). The van der Waals surface area contributed by atoms with Gasteiger partial charge in [-0.15, -0.1) is 0 Å². The number of nitrogens with zero attached hydrogens (tertiary/aromatic N) is 2. The molecular weight excluding hydrogens is 324 g/mol. The lowest BCUT2D eigenvalue weighted by atomic mass is 9.75. The largest absolute Gasteiger partial charge is 0.494 e. The molecule has 0 aliphatic carbocycles. The fourth-order valence-corrected chi connectivity index (χ4v) is 4.14. The number of hydrogen-bond donors (Lipinski definition) is 1. The van der Waals surface area contributed by atoms with Crippen molar-refractivity contribution in [3.8, 4) is 11.8 Å². The Morgan fingerprint density at radius 3 is 2.76 bits per heavy atom. The summed E-state index contributed by atoms with van der Waals surface area (Å²) in [5, 5.41) is 19.2. The van der Waals surface area contributed by atoms with E-state index < -0.39 is 41.5 Å². The maximum Gasteiger partial charge on any atom is 0.310 e. The van der Waals surface area contributed by atoms with Crippen LogP contribution in [0.3, 0.4) is 0 Å². The number of rotatable bonds is 4. The molecule has 0 radical (unpaired) electrons. The summed E-state index contributed by atoms with van der Waals surface area (Å²) < 4.78 is 11.2. The van der Waals surface area contributed by atoms with Crippen LogP contribution < -0.4 is 9.64 Å². The van der Waals surface area contributed by atoms with Gasteiger partial charge in [0.25, 0.3) is 0 Å². The summed E-state index contributed by atoms with van der Waals surface area (Å²) >= 11 is 0. The number of anilines is 1. The summed E-state index contributed by atoms with van der Waals surface area (Å²) in [6.45, 7) is 2.39. The van der Waals surface area contributed by atoms with E-state index in [-0.39, 0.29) is 0 Å². The Morgan fingerprint density at radius 2 is 2.16 bits per heavy atom. The van der Waals surface area contributed by atoms with Crippen LogP contribution in [0.2, 0.25) is 0 Å². The van der Waals surface area contributed by atoms with Crippen LogP contribution in [0, 0.1) is 23.2 Å². The summed E-state index contributed by atoms with van der Waals surface area (Å²) in [5.41, 5.74) is -0.675. The SMILES string of the molecule is CCOc1ccc(N2C(=O)[C@H]3[C@@H](C(=O)O)[C@@H]4C=C[C@]3(O4)C2C#N)cc1. The molecule has 25 heavy (non-hydrogen) atoms. The zero-order valence-corrected chi connectivity index (χ0v) is 13.5. The number of hydrogen-bond acceptors (Lipinski definition) is 5. The summed E-state index contributed by atoms with van der Waals surface area (Å²) in [4.78, 5) is 26.0. The molecule has 1 unspecified atom stereocenters. The van der Waals surface area contributed by atoms with Crippen molar-refractivity contribution in [2.24, 2.45) is 11.8 Å². The zero-order chi connectivity index (χ0) is 17.8. The van der Waals surface area contributed by atoms with Gasteiger partial charge in [0.1, 0.15) is 17.3 Å². The third-order valence-corrected chi connectivity index (χ3v) is 5.11.